The second kappa shape index (κ2) is 5.32. The van der Waals surface area contributed by atoms with Crippen molar-refractivity contribution in [1.29, 1.82) is 0 Å². The Hall–Kier alpha value is -1.06. The lowest BCUT2D eigenvalue weighted by Crippen LogP contribution is -2.61. The van der Waals surface area contributed by atoms with Gasteiger partial charge in [-0.25, -0.2) is 0 Å². The molecule has 1 aliphatic heterocycles. The van der Waals surface area contributed by atoms with Crippen molar-refractivity contribution in [3.63, 3.8) is 0 Å². The molecule has 92 valence electrons. The Morgan fingerprint density at radius 2 is 1.94 bits per heavy atom. The molecule has 0 saturated carbocycles. The fourth-order valence-corrected chi connectivity index (χ4v) is 1.91. The summed E-state index contributed by atoms with van der Waals surface area (Å²) in [4.78, 5) is 25.5. The third-order valence-corrected chi connectivity index (χ3v) is 3.52. The van der Waals surface area contributed by atoms with E-state index in [4.69, 9.17) is 0 Å². The van der Waals surface area contributed by atoms with E-state index in [-0.39, 0.29) is 36.4 Å². The minimum atomic E-state index is -0.333. The highest BCUT2D eigenvalue weighted by molar-refractivity contribution is 5.95. The Bertz CT molecular complexity index is 254. The Kier molecular flexibility index (Phi) is 4.33. The van der Waals surface area contributed by atoms with Gasteiger partial charge in [0.05, 0.1) is 6.54 Å². The van der Waals surface area contributed by atoms with Gasteiger partial charge in [-0.15, -0.1) is 0 Å². The molecule has 1 N–H and O–H groups in total. The van der Waals surface area contributed by atoms with E-state index < -0.39 is 0 Å². The average molecular weight is 226 g/mol. The number of rotatable bonds is 4. The first kappa shape index (κ1) is 13.0. The number of nitrogens with one attached hydrogen (secondary N) is 1. The van der Waals surface area contributed by atoms with Gasteiger partial charge in [-0.3, -0.25) is 9.59 Å². The zero-order chi connectivity index (χ0) is 12.3. The zero-order valence-electron chi connectivity index (χ0n) is 10.6. The van der Waals surface area contributed by atoms with Crippen LogP contribution in [0.4, 0.5) is 0 Å². The second-order valence-corrected chi connectivity index (χ2v) is 4.65. The van der Waals surface area contributed by atoms with Crippen molar-refractivity contribution >= 4 is 11.8 Å². The Morgan fingerprint density at radius 1 is 1.31 bits per heavy atom. The molecule has 1 aliphatic rings. The summed E-state index contributed by atoms with van der Waals surface area (Å²) in [5.74, 6) is 0.233. The van der Waals surface area contributed by atoms with E-state index in [1.165, 1.54) is 0 Å². The van der Waals surface area contributed by atoms with E-state index in [1.807, 2.05) is 27.7 Å². The molecule has 4 nitrogen and oxygen atoms in total. The molecule has 0 aromatic rings. The molecule has 0 aliphatic carbocycles. The van der Waals surface area contributed by atoms with E-state index in [2.05, 4.69) is 5.32 Å². The lowest BCUT2D eigenvalue weighted by molar-refractivity contribution is -0.147. The highest BCUT2D eigenvalue weighted by Crippen LogP contribution is 2.17. The maximum atomic E-state index is 12.2. The van der Waals surface area contributed by atoms with Crippen LogP contribution in [0.25, 0.3) is 0 Å². The van der Waals surface area contributed by atoms with Crippen molar-refractivity contribution in [1.82, 2.24) is 10.2 Å². The molecule has 1 fully saturated rings. The van der Waals surface area contributed by atoms with Crippen molar-refractivity contribution in [2.75, 3.05) is 6.54 Å². The Morgan fingerprint density at radius 3 is 2.44 bits per heavy atom. The fourth-order valence-electron chi connectivity index (χ4n) is 1.91. The van der Waals surface area contributed by atoms with Gasteiger partial charge in [-0.05, 0) is 19.3 Å². The summed E-state index contributed by atoms with van der Waals surface area (Å²) in [5, 5.41) is 2.80. The molecule has 2 amide bonds. The largest absolute Gasteiger partial charge is 0.342 e. The zero-order valence-corrected chi connectivity index (χ0v) is 10.6. The van der Waals surface area contributed by atoms with Crippen LogP contribution in [-0.2, 0) is 9.59 Å². The van der Waals surface area contributed by atoms with Crippen LogP contribution in [0, 0.1) is 5.92 Å². The number of amides is 2. The summed E-state index contributed by atoms with van der Waals surface area (Å²) < 4.78 is 0. The summed E-state index contributed by atoms with van der Waals surface area (Å²) in [6, 6.07) is -0.189. The fraction of sp³-hybridized carbons (Fsp3) is 0.833. The van der Waals surface area contributed by atoms with E-state index in [9.17, 15) is 9.59 Å². The second-order valence-electron chi connectivity index (χ2n) is 4.65. The maximum Gasteiger partial charge on any atom is 0.246 e. The number of carbonyl (C=O) groups is 2. The van der Waals surface area contributed by atoms with Crippen LogP contribution in [0.5, 0.6) is 0 Å². The highest BCUT2D eigenvalue weighted by atomic mass is 16.2. The summed E-state index contributed by atoms with van der Waals surface area (Å²) >= 11 is 0. The summed E-state index contributed by atoms with van der Waals surface area (Å²) in [5.41, 5.74) is 0. The van der Waals surface area contributed by atoms with Crippen LogP contribution in [0.1, 0.15) is 40.5 Å². The highest BCUT2D eigenvalue weighted by Gasteiger charge is 2.36. The van der Waals surface area contributed by atoms with E-state index >= 15 is 0 Å². The van der Waals surface area contributed by atoms with E-state index in [1.54, 1.807) is 4.90 Å². The van der Waals surface area contributed by atoms with Crippen LogP contribution in [0.2, 0.25) is 0 Å². The normalized spacial score (nSPS) is 25.2. The van der Waals surface area contributed by atoms with Crippen molar-refractivity contribution in [2.24, 2.45) is 5.92 Å². The first-order chi connectivity index (χ1) is 7.51. The molecule has 16 heavy (non-hydrogen) atoms. The minimum absolute atomic E-state index is 0.0369. The van der Waals surface area contributed by atoms with Gasteiger partial charge in [0.2, 0.25) is 11.8 Å². The molecular weight excluding hydrogens is 204 g/mol. The van der Waals surface area contributed by atoms with Gasteiger partial charge in [-0.1, -0.05) is 27.2 Å². The first-order valence-electron chi connectivity index (χ1n) is 6.11. The van der Waals surface area contributed by atoms with Crippen molar-refractivity contribution < 1.29 is 9.59 Å². The monoisotopic (exact) mass is 226 g/mol. The molecule has 4 heteroatoms. The minimum Gasteiger partial charge on any atom is -0.342 e. The smallest absolute Gasteiger partial charge is 0.246 e. The number of carbonyl (C=O) groups excluding carboxylic acids is 2. The molecule has 1 heterocycles. The molecule has 0 aromatic carbocycles. The summed E-state index contributed by atoms with van der Waals surface area (Å²) in [7, 11) is 0. The molecule has 0 spiro atoms. The molecular formula is C12H22N2O2. The SMILES string of the molecule is CCC(C)C1NC(=O)CN(C(C)CC)C1=O. The van der Waals surface area contributed by atoms with E-state index in [0.29, 0.717) is 0 Å². The lowest BCUT2D eigenvalue weighted by atomic mass is 9.95. The Balaban J connectivity index is 2.81. The van der Waals surface area contributed by atoms with Gasteiger partial charge in [0, 0.05) is 6.04 Å². The van der Waals surface area contributed by atoms with Crippen LogP contribution in [0.15, 0.2) is 0 Å². The van der Waals surface area contributed by atoms with Crippen LogP contribution < -0.4 is 5.32 Å². The summed E-state index contributed by atoms with van der Waals surface area (Å²) in [6.07, 6.45) is 1.78. The molecule has 0 bridgehead atoms. The molecule has 0 radical (unpaired) electrons. The quantitative estimate of drug-likeness (QED) is 0.782. The van der Waals surface area contributed by atoms with Gasteiger partial charge in [-0.2, -0.15) is 0 Å². The molecule has 3 unspecified atom stereocenters. The van der Waals surface area contributed by atoms with Gasteiger partial charge in [0.15, 0.2) is 0 Å². The van der Waals surface area contributed by atoms with Gasteiger partial charge in [0.25, 0.3) is 0 Å². The number of nitrogens with zero attached hydrogens (tertiary/aromatic N) is 1. The van der Waals surface area contributed by atoms with Crippen molar-refractivity contribution in [3.8, 4) is 0 Å². The maximum absolute atomic E-state index is 12.2. The van der Waals surface area contributed by atoms with Gasteiger partial charge >= 0.3 is 0 Å². The average Bonchev–Trinajstić information content (AvgIpc) is 2.29. The summed E-state index contributed by atoms with van der Waals surface area (Å²) in [6.45, 7) is 8.27. The standard InChI is InChI=1S/C12H22N2O2/c1-5-8(3)11-12(16)14(9(4)6-2)7-10(15)13-11/h8-9,11H,5-7H2,1-4H3,(H,13,15). The van der Waals surface area contributed by atoms with Crippen LogP contribution in [0.3, 0.4) is 0 Å². The van der Waals surface area contributed by atoms with Gasteiger partial charge in [0.1, 0.15) is 6.04 Å². The van der Waals surface area contributed by atoms with E-state index in [0.717, 1.165) is 12.8 Å². The third kappa shape index (κ3) is 2.54. The van der Waals surface area contributed by atoms with Crippen LogP contribution in [-0.4, -0.2) is 35.3 Å². The Labute approximate surface area is 97.4 Å². The molecule has 3 atom stereocenters. The molecule has 1 rings (SSSR count). The molecule has 1 saturated heterocycles. The lowest BCUT2D eigenvalue weighted by Gasteiger charge is -2.38. The molecule has 0 aromatic heterocycles. The first-order valence-corrected chi connectivity index (χ1v) is 6.11. The number of piperazine rings is 1. The topological polar surface area (TPSA) is 49.4 Å². The predicted octanol–water partition coefficient (Wildman–Crippen LogP) is 1.16. The number of hydrogen-bond acceptors (Lipinski definition) is 2. The van der Waals surface area contributed by atoms with Crippen LogP contribution >= 0.6 is 0 Å². The third-order valence-electron chi connectivity index (χ3n) is 3.52. The number of hydrogen-bond donors (Lipinski definition) is 1. The van der Waals surface area contributed by atoms with Gasteiger partial charge < -0.3 is 10.2 Å². The predicted molar refractivity (Wildman–Crippen MR) is 62.9 cm³/mol. The van der Waals surface area contributed by atoms with Crippen molar-refractivity contribution in [2.45, 2.75) is 52.6 Å². The van der Waals surface area contributed by atoms with Crippen molar-refractivity contribution in [3.05, 3.63) is 0 Å².